The van der Waals surface area contributed by atoms with Gasteiger partial charge in [0.15, 0.2) is 11.5 Å². The van der Waals surface area contributed by atoms with E-state index in [1.807, 2.05) is 0 Å². The molecule has 1 aromatic carbocycles. The number of hydrogen-bond donors (Lipinski definition) is 0. The van der Waals surface area contributed by atoms with E-state index in [1.165, 1.54) is 11.1 Å². The zero-order chi connectivity index (χ0) is 16.6. The van der Waals surface area contributed by atoms with Crippen LogP contribution in [0.2, 0.25) is 0 Å². The smallest absolute Gasteiger partial charge is 0.227 e. The fourth-order valence-electron chi connectivity index (χ4n) is 6.01. The summed E-state index contributed by atoms with van der Waals surface area (Å²) in [6.45, 7) is 3.08. The number of nitrogens with zero attached hydrogens (tertiary/aromatic N) is 1. The molecule has 4 aliphatic rings. The zero-order valence-corrected chi connectivity index (χ0v) is 14.4. The van der Waals surface area contributed by atoms with Crippen LogP contribution in [0.1, 0.15) is 24.5 Å². The Labute approximate surface area is 142 Å². The number of carbonyl (C=O) groups excluding carboxylic acids is 1. The number of hydrogen-bond acceptors (Lipinski definition) is 3. The van der Waals surface area contributed by atoms with Crippen molar-refractivity contribution in [2.24, 2.45) is 23.7 Å². The van der Waals surface area contributed by atoms with E-state index in [1.54, 1.807) is 14.2 Å². The molecule has 4 heteroatoms. The molecule has 0 unspecified atom stereocenters. The van der Waals surface area contributed by atoms with Crippen molar-refractivity contribution in [2.45, 2.75) is 25.3 Å². The van der Waals surface area contributed by atoms with Crippen LogP contribution in [0.3, 0.4) is 0 Å². The van der Waals surface area contributed by atoms with Crippen molar-refractivity contribution in [3.63, 3.8) is 0 Å². The summed E-state index contributed by atoms with van der Waals surface area (Å²) in [5.41, 5.74) is 2.33. The molecule has 5 atom stereocenters. The summed E-state index contributed by atoms with van der Waals surface area (Å²) in [5.74, 6) is 3.42. The average molecular weight is 325 g/mol. The van der Waals surface area contributed by atoms with Crippen LogP contribution >= 0.6 is 0 Å². The molecule has 0 spiro atoms. The Morgan fingerprint density at radius 3 is 2.58 bits per heavy atom. The van der Waals surface area contributed by atoms with Crippen molar-refractivity contribution in [1.82, 2.24) is 4.90 Å². The van der Waals surface area contributed by atoms with Crippen molar-refractivity contribution < 1.29 is 14.3 Å². The van der Waals surface area contributed by atoms with Crippen molar-refractivity contribution in [3.05, 3.63) is 35.4 Å². The summed E-state index contributed by atoms with van der Waals surface area (Å²) in [5, 5.41) is 0. The molecule has 0 aromatic heterocycles. The molecule has 126 valence electrons. The second-order valence-corrected chi connectivity index (χ2v) is 7.75. The van der Waals surface area contributed by atoms with Crippen LogP contribution in [0, 0.1) is 23.7 Å². The SMILES string of the molecule is COc1cc2c(cc1OC)[C@]1(C)[C@H]3[C@@H](C(=O)N1CC2)[C@H]1C=C[C@@H]3C1. The normalized spacial score (nSPS) is 38.1. The van der Waals surface area contributed by atoms with E-state index in [9.17, 15) is 4.79 Å². The molecule has 2 bridgehead atoms. The second-order valence-electron chi connectivity index (χ2n) is 7.75. The topological polar surface area (TPSA) is 38.8 Å². The minimum absolute atomic E-state index is 0.170. The van der Waals surface area contributed by atoms with Gasteiger partial charge in [0.25, 0.3) is 0 Å². The van der Waals surface area contributed by atoms with E-state index in [2.05, 4.69) is 36.1 Å². The molecular weight excluding hydrogens is 302 g/mol. The first-order valence-corrected chi connectivity index (χ1v) is 8.84. The lowest BCUT2D eigenvalue weighted by Crippen LogP contribution is -2.49. The van der Waals surface area contributed by atoms with Crippen molar-refractivity contribution >= 4 is 5.91 Å². The van der Waals surface area contributed by atoms with Gasteiger partial charge in [-0.15, -0.1) is 0 Å². The predicted octanol–water partition coefficient (Wildman–Crippen LogP) is 2.76. The Balaban J connectivity index is 1.71. The van der Waals surface area contributed by atoms with Gasteiger partial charge in [-0.3, -0.25) is 4.79 Å². The molecule has 1 saturated carbocycles. The zero-order valence-electron chi connectivity index (χ0n) is 14.4. The Bertz CT molecular complexity index is 770. The summed E-state index contributed by atoms with van der Waals surface area (Å²) in [6.07, 6.45) is 6.66. The van der Waals surface area contributed by atoms with Crippen LogP contribution in [-0.4, -0.2) is 31.6 Å². The molecule has 4 nitrogen and oxygen atoms in total. The number of methoxy groups -OCH3 is 2. The summed E-state index contributed by atoms with van der Waals surface area (Å²) >= 11 is 0. The third-order valence-corrected chi connectivity index (χ3v) is 6.98. The molecule has 1 saturated heterocycles. The minimum atomic E-state index is -0.223. The first kappa shape index (κ1) is 14.4. The fraction of sp³-hybridized carbons (Fsp3) is 0.550. The highest BCUT2D eigenvalue weighted by Gasteiger charge is 2.65. The van der Waals surface area contributed by atoms with Gasteiger partial charge in [-0.2, -0.15) is 0 Å². The van der Waals surface area contributed by atoms with Gasteiger partial charge in [0, 0.05) is 12.5 Å². The number of fused-ring (bicyclic) bond motifs is 9. The molecule has 0 N–H and O–H groups in total. The van der Waals surface area contributed by atoms with Gasteiger partial charge in [-0.1, -0.05) is 12.2 Å². The summed E-state index contributed by atoms with van der Waals surface area (Å²) < 4.78 is 11.0. The monoisotopic (exact) mass is 325 g/mol. The Morgan fingerprint density at radius 1 is 1.12 bits per heavy atom. The summed E-state index contributed by atoms with van der Waals surface area (Å²) in [7, 11) is 3.35. The van der Waals surface area contributed by atoms with Gasteiger partial charge in [0.2, 0.25) is 5.91 Å². The molecule has 2 aliphatic carbocycles. The lowest BCUT2D eigenvalue weighted by atomic mass is 9.69. The number of carbonyl (C=O) groups is 1. The van der Waals surface area contributed by atoms with Crippen LogP contribution in [0.4, 0.5) is 0 Å². The first-order valence-electron chi connectivity index (χ1n) is 8.84. The number of rotatable bonds is 2. The number of ether oxygens (including phenoxy) is 2. The van der Waals surface area contributed by atoms with E-state index >= 15 is 0 Å². The Kier molecular flexibility index (Phi) is 2.73. The highest BCUT2D eigenvalue weighted by Crippen LogP contribution is 2.63. The van der Waals surface area contributed by atoms with Crippen molar-refractivity contribution in [3.8, 4) is 11.5 Å². The van der Waals surface area contributed by atoms with E-state index in [4.69, 9.17) is 9.47 Å². The van der Waals surface area contributed by atoms with Crippen molar-refractivity contribution in [1.29, 1.82) is 0 Å². The maximum atomic E-state index is 13.1. The van der Waals surface area contributed by atoms with Crippen LogP contribution < -0.4 is 9.47 Å². The van der Waals surface area contributed by atoms with Crippen LogP contribution in [-0.2, 0) is 16.8 Å². The lowest BCUT2D eigenvalue weighted by Gasteiger charge is -2.45. The lowest BCUT2D eigenvalue weighted by molar-refractivity contribution is -0.135. The summed E-state index contributed by atoms with van der Waals surface area (Å²) in [6, 6.07) is 4.23. The van der Waals surface area contributed by atoms with Crippen LogP contribution in [0.25, 0.3) is 0 Å². The van der Waals surface area contributed by atoms with Gasteiger partial charge in [0.1, 0.15) is 0 Å². The van der Waals surface area contributed by atoms with E-state index in [0.29, 0.717) is 23.7 Å². The fourth-order valence-corrected chi connectivity index (χ4v) is 6.01. The largest absolute Gasteiger partial charge is 0.493 e. The highest BCUT2D eigenvalue weighted by atomic mass is 16.5. The molecule has 2 heterocycles. The Hall–Kier alpha value is -1.97. The molecule has 2 fully saturated rings. The molecule has 1 amide bonds. The minimum Gasteiger partial charge on any atom is -0.493 e. The third-order valence-electron chi connectivity index (χ3n) is 6.98. The molecule has 24 heavy (non-hydrogen) atoms. The van der Waals surface area contributed by atoms with E-state index in [-0.39, 0.29) is 11.5 Å². The van der Waals surface area contributed by atoms with E-state index < -0.39 is 0 Å². The number of benzene rings is 1. The molecule has 0 radical (unpaired) electrons. The molecule has 5 rings (SSSR count). The maximum absolute atomic E-state index is 13.1. The predicted molar refractivity (Wildman–Crippen MR) is 90.0 cm³/mol. The van der Waals surface area contributed by atoms with E-state index in [0.717, 1.165) is 30.9 Å². The van der Waals surface area contributed by atoms with Gasteiger partial charge in [-0.25, -0.2) is 0 Å². The van der Waals surface area contributed by atoms with Crippen LogP contribution in [0.5, 0.6) is 11.5 Å². The van der Waals surface area contributed by atoms with Gasteiger partial charge in [-0.05, 0) is 54.9 Å². The second kappa shape index (κ2) is 4.56. The molecule has 2 aliphatic heterocycles. The average Bonchev–Trinajstić information content (AvgIpc) is 3.27. The van der Waals surface area contributed by atoms with Crippen molar-refractivity contribution in [2.75, 3.05) is 20.8 Å². The molecule has 1 aromatic rings. The molecular formula is C20H23NO3. The van der Waals surface area contributed by atoms with Crippen LogP contribution in [0.15, 0.2) is 24.3 Å². The van der Waals surface area contributed by atoms with Gasteiger partial charge in [0.05, 0.1) is 25.7 Å². The summed E-state index contributed by atoms with van der Waals surface area (Å²) in [4.78, 5) is 15.3. The van der Waals surface area contributed by atoms with Gasteiger partial charge >= 0.3 is 0 Å². The standard InChI is InChI=1S/C20H23NO3/c1-20-14-10-16(24-3)15(23-2)9-11(14)6-7-21(20)19(22)17-12-4-5-13(8-12)18(17)20/h4-5,9-10,12-13,17-18H,6-8H2,1-3H3/t12-,13+,17-,18+,20+/m0/s1. The number of allylic oxidation sites excluding steroid dienone is 2. The first-order chi connectivity index (χ1) is 11.6. The quantitative estimate of drug-likeness (QED) is 0.785. The number of amides is 1. The van der Waals surface area contributed by atoms with Gasteiger partial charge < -0.3 is 14.4 Å². The maximum Gasteiger partial charge on any atom is 0.227 e. The highest BCUT2D eigenvalue weighted by molar-refractivity contribution is 5.85. The Morgan fingerprint density at radius 2 is 1.83 bits per heavy atom. The third kappa shape index (κ3) is 1.48.